The number of thiazole rings is 1. The van der Waals surface area contributed by atoms with Crippen LogP contribution in [-0.2, 0) is 16.4 Å². The number of rotatable bonds is 11. The zero-order valence-electron chi connectivity index (χ0n) is 19.6. The molecule has 3 aromatic rings. The molecule has 7 nitrogen and oxygen atoms in total. The molecule has 1 aromatic heterocycles. The molecule has 2 atom stereocenters. The molecule has 0 amide bonds. The molecule has 1 heterocycles. The Morgan fingerprint density at radius 3 is 2.49 bits per heavy atom. The van der Waals surface area contributed by atoms with Crippen LogP contribution in [0.15, 0.2) is 41.3 Å². The predicted octanol–water partition coefficient (Wildman–Crippen LogP) is 3.73. The lowest BCUT2D eigenvalue weighted by Gasteiger charge is -2.28. The Kier molecular flexibility index (Phi) is 7.72. The highest BCUT2D eigenvalue weighted by Gasteiger charge is 2.30. The minimum absolute atomic E-state index is 0.00495. The van der Waals surface area contributed by atoms with Gasteiger partial charge in [-0.25, -0.2) is 22.2 Å². The van der Waals surface area contributed by atoms with Gasteiger partial charge in [-0.05, 0) is 61.1 Å². The summed E-state index contributed by atoms with van der Waals surface area (Å²) >= 11 is 1.41. The number of fused-ring (bicyclic) bond motifs is 1. The largest absolute Gasteiger partial charge is 0.390 e. The zero-order chi connectivity index (χ0) is 25.3. The highest BCUT2D eigenvalue weighted by atomic mass is 32.2. The lowest BCUT2D eigenvalue weighted by Crippen LogP contribution is -2.47. The molecule has 0 bridgehead atoms. The van der Waals surface area contributed by atoms with Crippen molar-refractivity contribution in [3.8, 4) is 0 Å². The second-order valence-electron chi connectivity index (χ2n) is 9.50. The van der Waals surface area contributed by atoms with Crippen molar-refractivity contribution in [3.05, 3.63) is 53.6 Å². The van der Waals surface area contributed by atoms with Crippen LogP contribution in [0.1, 0.15) is 32.3 Å². The number of sulfonamides is 1. The Labute approximate surface area is 208 Å². The maximum absolute atomic E-state index is 13.6. The second kappa shape index (κ2) is 10.4. The number of hydrogen-bond donors (Lipinski definition) is 3. The molecule has 1 saturated carbocycles. The van der Waals surface area contributed by atoms with Crippen molar-refractivity contribution in [1.29, 1.82) is 0 Å². The molecule has 1 fully saturated rings. The van der Waals surface area contributed by atoms with Gasteiger partial charge >= 0.3 is 0 Å². The van der Waals surface area contributed by atoms with Crippen LogP contribution in [0.25, 0.3) is 10.2 Å². The normalized spacial score (nSPS) is 16.2. The number of aliphatic hydroxyl groups excluding tert-OH is 1. The second-order valence-corrected chi connectivity index (χ2v) is 12.5. The smallest absolute Gasteiger partial charge is 0.243 e. The number of halogens is 2. The molecular weight excluding hydrogens is 494 g/mol. The van der Waals surface area contributed by atoms with Crippen molar-refractivity contribution in [2.45, 2.75) is 56.2 Å². The van der Waals surface area contributed by atoms with Gasteiger partial charge in [0.25, 0.3) is 0 Å². The average molecular weight is 525 g/mol. The van der Waals surface area contributed by atoms with Gasteiger partial charge in [0.05, 0.1) is 21.2 Å². The molecule has 0 aliphatic heterocycles. The number of anilines is 1. The van der Waals surface area contributed by atoms with Crippen molar-refractivity contribution >= 4 is 36.7 Å². The first kappa shape index (κ1) is 25.9. The molecule has 11 heteroatoms. The third-order valence-corrected chi connectivity index (χ3v) is 8.53. The van der Waals surface area contributed by atoms with Gasteiger partial charge in [-0.15, -0.1) is 0 Å². The average Bonchev–Trinajstić information content (AvgIpc) is 3.47. The summed E-state index contributed by atoms with van der Waals surface area (Å²) in [5.74, 6) is -1.48. The number of nitrogens with one attached hydrogen (secondary N) is 1. The molecular formula is C24H30F2N4O3S2. The van der Waals surface area contributed by atoms with E-state index in [0.717, 1.165) is 46.4 Å². The first-order valence-electron chi connectivity index (χ1n) is 11.6. The molecule has 2 aromatic carbocycles. The van der Waals surface area contributed by atoms with Crippen molar-refractivity contribution in [3.63, 3.8) is 0 Å². The first-order valence-corrected chi connectivity index (χ1v) is 13.8. The summed E-state index contributed by atoms with van der Waals surface area (Å²) in [4.78, 5) is 4.63. The predicted molar refractivity (Wildman–Crippen MR) is 134 cm³/mol. The van der Waals surface area contributed by atoms with Crippen molar-refractivity contribution < 1.29 is 22.3 Å². The van der Waals surface area contributed by atoms with Crippen LogP contribution in [-0.4, -0.2) is 54.1 Å². The topological polar surface area (TPSA) is 109 Å². The molecule has 1 aliphatic carbocycles. The van der Waals surface area contributed by atoms with Gasteiger partial charge in [0.15, 0.2) is 5.13 Å². The van der Waals surface area contributed by atoms with Gasteiger partial charge in [-0.1, -0.05) is 25.2 Å². The van der Waals surface area contributed by atoms with E-state index in [0.29, 0.717) is 11.6 Å². The Hall–Kier alpha value is -2.18. The molecule has 1 aliphatic rings. The van der Waals surface area contributed by atoms with Gasteiger partial charge in [0.1, 0.15) is 11.6 Å². The fourth-order valence-corrected chi connectivity index (χ4v) is 6.54. The monoisotopic (exact) mass is 524 g/mol. The van der Waals surface area contributed by atoms with Gasteiger partial charge < -0.3 is 16.2 Å². The number of aliphatic hydroxyl groups is 1. The number of nitrogens with zero attached hydrogens (tertiary/aromatic N) is 2. The van der Waals surface area contributed by atoms with Crippen LogP contribution >= 0.6 is 11.3 Å². The van der Waals surface area contributed by atoms with Crippen LogP contribution < -0.4 is 11.1 Å². The molecule has 35 heavy (non-hydrogen) atoms. The Balaban J connectivity index is 1.53. The number of hydrogen-bond acceptors (Lipinski definition) is 7. The highest BCUT2D eigenvalue weighted by Crippen LogP contribution is 2.32. The molecule has 0 radical (unpaired) electrons. The van der Waals surface area contributed by atoms with Gasteiger partial charge in [-0.2, -0.15) is 4.31 Å². The van der Waals surface area contributed by atoms with Crippen LogP contribution in [0.5, 0.6) is 0 Å². The summed E-state index contributed by atoms with van der Waals surface area (Å²) < 4.78 is 56.1. The van der Waals surface area contributed by atoms with E-state index in [1.165, 1.54) is 21.7 Å². The van der Waals surface area contributed by atoms with Gasteiger partial charge in [0, 0.05) is 31.2 Å². The standard InChI is InChI=1S/C24H30F2N4O3S2/c1-14(2)12-30(13-22(31)20(27)9-15-7-16(25)10-17(26)8-15)35(32,33)19-5-6-21-23(11-19)34-24(29-21)28-18-3-4-18/h5-8,10-11,14,18,20,22,31H,3-4,9,12-13,27H2,1-2H3,(H,28,29)/t20-,22+/m0/s1. The van der Waals surface area contributed by atoms with Crippen LogP contribution in [0, 0.1) is 17.6 Å². The van der Waals surface area contributed by atoms with Crippen LogP contribution in [0.3, 0.4) is 0 Å². The minimum Gasteiger partial charge on any atom is -0.390 e. The summed E-state index contributed by atoms with van der Waals surface area (Å²) in [6, 6.07) is 7.39. The molecule has 0 saturated heterocycles. The molecule has 0 spiro atoms. The summed E-state index contributed by atoms with van der Waals surface area (Å²) in [6.07, 6.45) is 0.974. The van der Waals surface area contributed by atoms with E-state index in [9.17, 15) is 22.3 Å². The molecule has 4 N–H and O–H groups in total. The fraction of sp³-hybridized carbons (Fsp3) is 0.458. The van der Waals surface area contributed by atoms with Crippen LogP contribution in [0.4, 0.5) is 13.9 Å². The van der Waals surface area contributed by atoms with Gasteiger partial charge in [-0.3, -0.25) is 0 Å². The summed E-state index contributed by atoms with van der Waals surface area (Å²) in [5.41, 5.74) is 7.11. The van der Waals surface area contributed by atoms with Crippen molar-refractivity contribution in [2.24, 2.45) is 11.7 Å². The maximum atomic E-state index is 13.6. The summed E-state index contributed by atoms with van der Waals surface area (Å²) in [5, 5.41) is 14.8. The quantitative estimate of drug-likeness (QED) is 0.353. The number of nitrogens with two attached hydrogens (primary N) is 1. The van der Waals surface area contributed by atoms with E-state index in [1.54, 1.807) is 12.1 Å². The maximum Gasteiger partial charge on any atom is 0.243 e. The van der Waals surface area contributed by atoms with E-state index in [4.69, 9.17) is 5.73 Å². The third-order valence-electron chi connectivity index (χ3n) is 5.75. The van der Waals surface area contributed by atoms with Crippen molar-refractivity contribution in [2.75, 3.05) is 18.4 Å². The third kappa shape index (κ3) is 6.53. The Morgan fingerprint density at radius 1 is 1.17 bits per heavy atom. The molecule has 4 rings (SSSR count). The number of aromatic nitrogens is 1. The Morgan fingerprint density at radius 2 is 1.86 bits per heavy atom. The number of benzene rings is 2. The molecule has 0 unspecified atom stereocenters. The van der Waals surface area contributed by atoms with Crippen LogP contribution in [0.2, 0.25) is 0 Å². The minimum atomic E-state index is -3.95. The fourth-order valence-electron chi connectivity index (χ4n) is 3.84. The lowest BCUT2D eigenvalue weighted by molar-refractivity contribution is 0.116. The Bertz CT molecular complexity index is 1270. The summed E-state index contributed by atoms with van der Waals surface area (Å²) in [6.45, 7) is 3.70. The highest BCUT2D eigenvalue weighted by molar-refractivity contribution is 7.89. The van der Waals surface area contributed by atoms with Crippen molar-refractivity contribution in [1.82, 2.24) is 9.29 Å². The van der Waals surface area contributed by atoms with E-state index < -0.39 is 33.8 Å². The van der Waals surface area contributed by atoms with E-state index in [1.807, 2.05) is 13.8 Å². The molecule has 190 valence electrons. The van der Waals surface area contributed by atoms with E-state index in [2.05, 4.69) is 10.3 Å². The first-order chi connectivity index (χ1) is 16.5. The van der Waals surface area contributed by atoms with E-state index >= 15 is 0 Å². The summed E-state index contributed by atoms with van der Waals surface area (Å²) in [7, 11) is -3.95. The zero-order valence-corrected chi connectivity index (χ0v) is 21.2. The van der Waals surface area contributed by atoms with Gasteiger partial charge in [0.2, 0.25) is 10.0 Å². The van der Waals surface area contributed by atoms with E-state index in [-0.39, 0.29) is 30.3 Å². The SMILES string of the molecule is CC(C)CN(C[C@@H](O)[C@@H](N)Cc1cc(F)cc(F)c1)S(=O)(=O)c1ccc2nc(NC3CC3)sc2c1. The lowest BCUT2D eigenvalue weighted by atomic mass is 10.0.